The summed E-state index contributed by atoms with van der Waals surface area (Å²) < 4.78 is 33.3. The van der Waals surface area contributed by atoms with Crippen LogP contribution >= 0.6 is 11.8 Å². The minimum atomic E-state index is -3.71. The molecule has 0 spiro atoms. The Morgan fingerprint density at radius 2 is 1.83 bits per heavy atom. The van der Waals surface area contributed by atoms with Crippen LogP contribution in [0.3, 0.4) is 0 Å². The van der Waals surface area contributed by atoms with Gasteiger partial charge in [-0.2, -0.15) is 11.8 Å². The molecule has 6 nitrogen and oxygen atoms in total. The van der Waals surface area contributed by atoms with Crippen LogP contribution in [0.5, 0.6) is 5.75 Å². The molecule has 1 amide bonds. The molecule has 3 rings (SSSR count). The van der Waals surface area contributed by atoms with E-state index in [0.717, 1.165) is 18.6 Å². The lowest BCUT2D eigenvalue weighted by molar-refractivity contribution is 0.0789. The second-order valence-corrected chi connectivity index (χ2v) is 10.2. The Hall–Kier alpha value is -2.03. The third-order valence-electron chi connectivity index (χ3n) is 5.03. The molecule has 0 saturated carbocycles. The molecule has 1 aliphatic rings. The second-order valence-electron chi connectivity index (χ2n) is 7.30. The molecule has 2 aromatic rings. The number of ether oxygens (including phenoxy) is 1. The standard InChI is InChI=1S/C22H28N2O4S2/c1-17-5-7-18(8-6-17)16-29-14-11-23-30(26,27)19-9-10-21(28-2)20(15-19)22(25)24-12-3-4-13-24/h5-10,15,23H,3-4,11-14,16H2,1-2H3. The zero-order valence-electron chi connectivity index (χ0n) is 17.4. The molecular weight excluding hydrogens is 420 g/mol. The highest BCUT2D eigenvalue weighted by Crippen LogP contribution is 2.25. The van der Waals surface area contributed by atoms with Gasteiger partial charge in [-0.05, 0) is 43.5 Å². The molecular formula is C22H28N2O4S2. The number of benzene rings is 2. The van der Waals surface area contributed by atoms with Crippen molar-refractivity contribution >= 4 is 27.7 Å². The van der Waals surface area contributed by atoms with Gasteiger partial charge in [0.2, 0.25) is 10.0 Å². The molecule has 162 valence electrons. The van der Waals surface area contributed by atoms with E-state index in [9.17, 15) is 13.2 Å². The molecule has 30 heavy (non-hydrogen) atoms. The van der Waals surface area contributed by atoms with Gasteiger partial charge in [0.25, 0.3) is 5.91 Å². The zero-order valence-corrected chi connectivity index (χ0v) is 19.0. The number of carbonyl (C=O) groups excluding carboxylic acids is 1. The van der Waals surface area contributed by atoms with Crippen molar-refractivity contribution < 1.29 is 17.9 Å². The summed E-state index contributed by atoms with van der Waals surface area (Å²) in [6.07, 6.45) is 1.93. The number of nitrogens with zero attached hydrogens (tertiary/aromatic N) is 1. The van der Waals surface area contributed by atoms with E-state index in [0.29, 0.717) is 31.1 Å². The monoisotopic (exact) mass is 448 g/mol. The number of methoxy groups -OCH3 is 1. The number of hydrogen-bond acceptors (Lipinski definition) is 5. The van der Waals surface area contributed by atoms with E-state index in [2.05, 4.69) is 35.9 Å². The number of amides is 1. The highest BCUT2D eigenvalue weighted by Gasteiger charge is 2.25. The molecule has 1 aliphatic heterocycles. The highest BCUT2D eigenvalue weighted by molar-refractivity contribution is 7.98. The fourth-order valence-electron chi connectivity index (χ4n) is 3.32. The van der Waals surface area contributed by atoms with E-state index >= 15 is 0 Å². The lowest BCUT2D eigenvalue weighted by Crippen LogP contribution is -2.29. The van der Waals surface area contributed by atoms with Crippen molar-refractivity contribution in [1.82, 2.24) is 9.62 Å². The van der Waals surface area contributed by atoms with Crippen molar-refractivity contribution in [2.24, 2.45) is 0 Å². The Balaban J connectivity index is 1.60. The number of carbonyl (C=O) groups is 1. The summed E-state index contributed by atoms with van der Waals surface area (Å²) >= 11 is 1.67. The van der Waals surface area contributed by atoms with Crippen molar-refractivity contribution in [3.8, 4) is 5.75 Å². The lowest BCUT2D eigenvalue weighted by Gasteiger charge is -2.18. The summed E-state index contributed by atoms with van der Waals surface area (Å²) in [6.45, 7) is 3.75. The highest BCUT2D eigenvalue weighted by atomic mass is 32.2. The van der Waals surface area contributed by atoms with Crippen LogP contribution in [0.2, 0.25) is 0 Å². The van der Waals surface area contributed by atoms with Gasteiger partial charge in [-0.1, -0.05) is 29.8 Å². The molecule has 8 heteroatoms. The first-order valence-corrected chi connectivity index (χ1v) is 12.6. The van der Waals surface area contributed by atoms with Crippen molar-refractivity contribution in [3.63, 3.8) is 0 Å². The quantitative estimate of drug-likeness (QED) is 0.595. The predicted molar refractivity (Wildman–Crippen MR) is 121 cm³/mol. The summed E-state index contributed by atoms with van der Waals surface area (Å²) in [4.78, 5) is 14.6. The zero-order chi connectivity index (χ0) is 21.6. The van der Waals surface area contributed by atoms with Crippen LogP contribution in [0, 0.1) is 6.92 Å². The summed E-state index contributed by atoms with van der Waals surface area (Å²) in [5.41, 5.74) is 2.73. The van der Waals surface area contributed by atoms with Crippen LogP contribution in [0.1, 0.15) is 34.3 Å². The maximum absolute atomic E-state index is 12.8. The molecule has 0 unspecified atom stereocenters. The minimum absolute atomic E-state index is 0.0781. The summed E-state index contributed by atoms with van der Waals surface area (Å²) in [5.74, 6) is 1.69. The molecule has 0 aromatic heterocycles. The van der Waals surface area contributed by atoms with Crippen LogP contribution in [-0.4, -0.2) is 51.7 Å². The molecule has 0 radical (unpaired) electrons. The van der Waals surface area contributed by atoms with Gasteiger partial charge in [-0.15, -0.1) is 0 Å². The maximum atomic E-state index is 12.8. The first kappa shape index (κ1) is 22.7. The van der Waals surface area contributed by atoms with E-state index in [1.807, 2.05) is 0 Å². The lowest BCUT2D eigenvalue weighted by atomic mass is 10.1. The molecule has 1 fully saturated rings. The van der Waals surface area contributed by atoms with Crippen molar-refractivity contribution in [1.29, 1.82) is 0 Å². The Morgan fingerprint density at radius 1 is 1.13 bits per heavy atom. The van der Waals surface area contributed by atoms with Crippen molar-refractivity contribution in [2.45, 2.75) is 30.4 Å². The van der Waals surface area contributed by atoms with Crippen LogP contribution in [0.25, 0.3) is 0 Å². The first-order chi connectivity index (χ1) is 14.4. The first-order valence-electron chi connectivity index (χ1n) is 10.0. The van der Waals surface area contributed by atoms with E-state index in [-0.39, 0.29) is 16.4 Å². The van der Waals surface area contributed by atoms with Crippen LogP contribution in [-0.2, 0) is 15.8 Å². The van der Waals surface area contributed by atoms with Gasteiger partial charge in [0.1, 0.15) is 5.75 Å². The normalized spacial score (nSPS) is 14.1. The van der Waals surface area contributed by atoms with E-state index < -0.39 is 10.0 Å². The Bertz CT molecular complexity index is 969. The number of hydrogen-bond donors (Lipinski definition) is 1. The van der Waals surface area contributed by atoms with Gasteiger partial charge in [0.15, 0.2) is 0 Å². The fraction of sp³-hybridized carbons (Fsp3) is 0.409. The predicted octanol–water partition coefficient (Wildman–Crippen LogP) is 3.45. The molecule has 1 N–H and O–H groups in total. The summed E-state index contributed by atoms with van der Waals surface area (Å²) in [5, 5.41) is 0. The summed E-state index contributed by atoms with van der Waals surface area (Å²) in [6, 6.07) is 12.8. The molecule has 2 aromatic carbocycles. The van der Waals surface area contributed by atoms with Gasteiger partial charge in [-0.3, -0.25) is 4.79 Å². The largest absolute Gasteiger partial charge is 0.496 e. The average Bonchev–Trinajstić information content (AvgIpc) is 3.28. The van der Waals surface area contributed by atoms with Crippen LogP contribution in [0.15, 0.2) is 47.4 Å². The average molecular weight is 449 g/mol. The third kappa shape index (κ3) is 5.77. The van der Waals surface area contributed by atoms with Crippen LogP contribution < -0.4 is 9.46 Å². The van der Waals surface area contributed by atoms with Gasteiger partial charge in [0.05, 0.1) is 17.6 Å². The number of sulfonamides is 1. The topological polar surface area (TPSA) is 75.7 Å². The van der Waals surface area contributed by atoms with E-state index in [4.69, 9.17) is 4.74 Å². The number of likely N-dealkylation sites (tertiary alicyclic amines) is 1. The number of rotatable bonds is 9. The molecule has 0 bridgehead atoms. The maximum Gasteiger partial charge on any atom is 0.257 e. The Kier molecular flexibility index (Phi) is 7.80. The fourth-order valence-corrected chi connectivity index (χ4v) is 5.32. The molecule has 1 heterocycles. The smallest absolute Gasteiger partial charge is 0.257 e. The van der Waals surface area contributed by atoms with Gasteiger partial charge in [-0.25, -0.2) is 13.1 Å². The second kappa shape index (κ2) is 10.3. The van der Waals surface area contributed by atoms with E-state index in [1.54, 1.807) is 22.7 Å². The number of thioether (sulfide) groups is 1. The van der Waals surface area contributed by atoms with E-state index in [1.165, 1.54) is 30.4 Å². The summed E-state index contributed by atoms with van der Waals surface area (Å²) in [7, 11) is -2.23. The number of nitrogens with one attached hydrogen (secondary N) is 1. The van der Waals surface area contributed by atoms with Crippen molar-refractivity contribution in [3.05, 3.63) is 59.2 Å². The molecule has 1 saturated heterocycles. The Morgan fingerprint density at radius 3 is 2.50 bits per heavy atom. The Labute approximate surface area is 183 Å². The SMILES string of the molecule is COc1ccc(S(=O)(=O)NCCSCc2ccc(C)cc2)cc1C(=O)N1CCCC1. The molecule has 0 atom stereocenters. The molecule has 0 aliphatic carbocycles. The third-order valence-corrected chi connectivity index (χ3v) is 7.52. The number of aryl methyl sites for hydroxylation is 1. The van der Waals surface area contributed by atoms with Gasteiger partial charge >= 0.3 is 0 Å². The van der Waals surface area contributed by atoms with Crippen LogP contribution in [0.4, 0.5) is 0 Å². The van der Waals surface area contributed by atoms with Gasteiger partial charge < -0.3 is 9.64 Å². The van der Waals surface area contributed by atoms with Gasteiger partial charge in [0, 0.05) is 31.1 Å². The van der Waals surface area contributed by atoms with Crippen molar-refractivity contribution in [2.75, 3.05) is 32.5 Å². The minimum Gasteiger partial charge on any atom is -0.496 e.